The summed E-state index contributed by atoms with van der Waals surface area (Å²) in [5.74, 6) is -12.4. The zero-order valence-electron chi connectivity index (χ0n) is 71.8. The molecule has 42 nitrogen and oxygen atoms in total. The summed E-state index contributed by atoms with van der Waals surface area (Å²) >= 11 is 0. The van der Waals surface area contributed by atoms with Gasteiger partial charge in [-0.15, -0.1) is 43.5 Å². The third kappa shape index (κ3) is 46.8. The predicted molar refractivity (Wildman–Crippen MR) is 417 cm³/mol. The number of unbranched alkanes of at least 4 members (excludes halogenated alkanes) is 5. The second-order valence-corrected chi connectivity index (χ2v) is 27.2. The number of hydroxylamine groups is 12. The Morgan fingerprint density at radius 1 is 0.311 bits per heavy atom. The maximum absolute atomic E-state index is 11.7. The largest absolute Gasteiger partial charge is 0.462 e. The summed E-state index contributed by atoms with van der Waals surface area (Å²) in [4.78, 5) is 285. The average molecular weight is 1740 g/mol. The molecule has 3 unspecified atom stereocenters. The van der Waals surface area contributed by atoms with E-state index in [9.17, 15) is 110 Å². The number of carbonyl (C=O) groups excluding carboxylic acids is 23. The first kappa shape index (κ1) is 111. The van der Waals surface area contributed by atoms with Crippen molar-refractivity contribution in [2.75, 3.05) is 66.0 Å². The van der Waals surface area contributed by atoms with E-state index in [0.29, 0.717) is 102 Å². The number of esters is 1. The van der Waals surface area contributed by atoms with Gasteiger partial charge in [0.15, 0.2) is 0 Å². The number of ketones is 2. The molecule has 0 aliphatic carbocycles. The number of Topliss-reactive ketones (excluding diaryl/α,β-unsaturated/α-hetero) is 2. The Morgan fingerprint density at radius 3 is 0.910 bits per heavy atom. The number of imide groups is 7. The third-order valence-electron chi connectivity index (χ3n) is 16.7. The molecule has 7 aliphatic heterocycles. The van der Waals surface area contributed by atoms with Crippen molar-refractivity contribution in [1.82, 2.24) is 35.3 Å². The highest BCUT2D eigenvalue weighted by Crippen LogP contribution is 2.20. The van der Waals surface area contributed by atoms with E-state index < -0.39 is 131 Å². The van der Waals surface area contributed by atoms with Crippen molar-refractivity contribution < 1.29 is 168 Å². The standard InChI is InChI=1S/C19H33NO7.C16H25NO8.C11H17NO4.C10H13NO5.C9H11NO5.C7H9NO4.C6H9NO2.C2H4/c1-3-11-24-14-16(26-12-4-2)15-25-13-7-5-6-8-19(23)27-20-17(21)9-10-18(20)22;1-3-7-22-10-12(23-8-4-2)11-24-15(20)9-16(21)25-17-13(18)5-6-14(17)19;1-2-3-4-5-6-11(15)16-12-9(13)7-8-10(12)14;1-7(12)3-2-4-10(15)16-11-8(13)5-6-9(11)14;1-5(6(2)11)9(14)15-10-7(12)3-4-8(10)13;1-2-7(11)12-8-5(9)3-4-6(8)10;1-2-7-5(8)3-4-6(7)9;1-2/h16H,3-15H2,1-2H3;12H,3-11H2,1-2H3;2-8H2,1H3;2-6H2,1H3;5H,3-4H2,1-2H3;2-4H2,1H3;2-4H2,1H3;1-2H2. The van der Waals surface area contributed by atoms with Gasteiger partial charge in [0.25, 0.3) is 70.9 Å². The lowest BCUT2D eigenvalue weighted by molar-refractivity contribution is -0.200. The van der Waals surface area contributed by atoms with Crippen molar-refractivity contribution >= 4 is 136 Å². The average Bonchev–Trinajstić information content (AvgIpc) is 1.83. The van der Waals surface area contributed by atoms with Gasteiger partial charge in [-0.05, 0) is 79.1 Å². The van der Waals surface area contributed by atoms with Crippen molar-refractivity contribution in [2.24, 2.45) is 5.92 Å². The molecule has 0 radical (unpaired) electrons. The molecule has 0 spiro atoms. The number of rotatable bonds is 45. The quantitative estimate of drug-likeness (QED) is 0.0227. The number of ether oxygens (including phenoxy) is 6. The van der Waals surface area contributed by atoms with E-state index in [1.165, 1.54) is 25.7 Å². The van der Waals surface area contributed by atoms with Crippen LogP contribution in [0.2, 0.25) is 0 Å². The molecule has 122 heavy (non-hydrogen) atoms. The molecule has 3 atom stereocenters. The van der Waals surface area contributed by atoms with Crippen LogP contribution in [0, 0.1) is 5.92 Å². The molecule has 0 N–H and O–H groups in total. The van der Waals surface area contributed by atoms with Gasteiger partial charge in [-0.3, -0.25) is 81.6 Å². The highest BCUT2D eigenvalue weighted by Gasteiger charge is 2.39. The van der Waals surface area contributed by atoms with Crippen LogP contribution < -0.4 is 0 Å². The fourth-order valence-electron chi connectivity index (χ4n) is 9.97. The maximum atomic E-state index is 11.7. The van der Waals surface area contributed by atoms with Crippen molar-refractivity contribution in [1.29, 1.82) is 0 Å². The minimum atomic E-state index is -1.03. The smallest absolute Gasteiger partial charge is 0.344 e. The Balaban J connectivity index is 0.00000143. The van der Waals surface area contributed by atoms with Crippen LogP contribution in [0.5, 0.6) is 0 Å². The van der Waals surface area contributed by atoms with Crippen LogP contribution >= 0.6 is 0 Å². The van der Waals surface area contributed by atoms with Gasteiger partial charge in [0.2, 0.25) is 11.8 Å². The lowest BCUT2D eigenvalue weighted by atomic mass is 10.1. The molecule has 14 amide bonds. The highest BCUT2D eigenvalue weighted by molar-refractivity contribution is 6.06. The van der Waals surface area contributed by atoms with Gasteiger partial charge in [0.1, 0.15) is 42.7 Å². The van der Waals surface area contributed by atoms with E-state index in [-0.39, 0.29) is 152 Å². The summed E-state index contributed by atoms with van der Waals surface area (Å²) in [6.07, 6.45) is 11.6. The van der Waals surface area contributed by atoms with Crippen LogP contribution in [-0.2, 0) is 168 Å². The lowest BCUT2D eigenvalue weighted by Crippen LogP contribution is -2.35. The molecule has 0 saturated carbocycles. The first-order chi connectivity index (χ1) is 58.0. The summed E-state index contributed by atoms with van der Waals surface area (Å²) in [6.45, 7) is 28.4. The van der Waals surface area contributed by atoms with Crippen LogP contribution in [0.3, 0.4) is 0 Å². The molecular formula is C80H121N7O35. The van der Waals surface area contributed by atoms with Gasteiger partial charge >= 0.3 is 41.8 Å². The second-order valence-electron chi connectivity index (χ2n) is 27.2. The first-order valence-corrected chi connectivity index (χ1v) is 40.9. The Hall–Kier alpha value is -10.8. The van der Waals surface area contributed by atoms with Gasteiger partial charge in [-0.25, -0.2) is 28.8 Å². The zero-order valence-corrected chi connectivity index (χ0v) is 71.8. The van der Waals surface area contributed by atoms with E-state index in [4.69, 9.17) is 38.1 Å². The lowest BCUT2D eigenvalue weighted by Gasteiger charge is -2.18. The molecular weight excluding hydrogens is 1620 g/mol. The monoisotopic (exact) mass is 1740 g/mol. The SMILES string of the molecule is C=C.CC(=O)C(C)C(=O)ON1C(=O)CCC1=O.CC(=O)CCCC(=O)ON1C(=O)CCC1=O.CCC(=O)ON1C(=O)CCC1=O.CCCCCCC(=O)ON1C(=O)CCC1=O.CCCOCC(COC(=O)CC(=O)ON1C(=O)CCC1=O)OCCC.CCCOCC(COCCCCCC(=O)ON1C(=O)CCC1=O)OCCC.CCN1C(=O)CCC1=O. The van der Waals surface area contributed by atoms with Crippen molar-refractivity contribution in [3.63, 3.8) is 0 Å². The minimum absolute atomic E-state index is 0.00916. The molecule has 7 fully saturated rings. The third-order valence-corrected chi connectivity index (χ3v) is 16.7. The van der Waals surface area contributed by atoms with Crippen LogP contribution in [0.4, 0.5) is 0 Å². The van der Waals surface area contributed by atoms with Crippen LogP contribution in [0.25, 0.3) is 0 Å². The van der Waals surface area contributed by atoms with Crippen molar-refractivity contribution in [3.05, 3.63) is 13.2 Å². The normalized spacial score (nSPS) is 16.0. The fraction of sp³-hybridized carbons (Fsp3) is 0.688. The molecule has 0 aromatic heterocycles. The summed E-state index contributed by atoms with van der Waals surface area (Å²) < 4.78 is 32.8. The van der Waals surface area contributed by atoms with Gasteiger partial charge in [-0.1, -0.05) is 67.2 Å². The van der Waals surface area contributed by atoms with Crippen LogP contribution in [0.1, 0.15) is 275 Å². The molecule has 42 heteroatoms. The molecule has 686 valence electrons. The van der Waals surface area contributed by atoms with E-state index >= 15 is 0 Å². The van der Waals surface area contributed by atoms with E-state index in [1.807, 2.05) is 13.8 Å². The molecule has 7 saturated heterocycles. The highest BCUT2D eigenvalue weighted by atomic mass is 16.8. The van der Waals surface area contributed by atoms with Gasteiger partial charge in [0.05, 0.1) is 19.8 Å². The van der Waals surface area contributed by atoms with E-state index in [0.717, 1.165) is 70.8 Å². The molecule has 7 rings (SSSR count). The van der Waals surface area contributed by atoms with Crippen molar-refractivity contribution in [3.8, 4) is 0 Å². The summed E-state index contributed by atoms with van der Waals surface area (Å²) in [6, 6.07) is 0. The Morgan fingerprint density at radius 2 is 0.607 bits per heavy atom. The Labute approximate surface area is 708 Å². The zero-order chi connectivity index (χ0) is 92.2. The fourth-order valence-corrected chi connectivity index (χ4v) is 9.97. The number of likely N-dealkylation sites (tertiary alicyclic amines) is 1. The number of amides is 14. The molecule has 0 aromatic carbocycles. The molecule has 0 bridgehead atoms. The maximum Gasteiger partial charge on any atom is 0.344 e. The topological polar surface area (TPSA) is 526 Å². The molecule has 0 aromatic rings. The minimum Gasteiger partial charge on any atom is -0.462 e. The van der Waals surface area contributed by atoms with Gasteiger partial charge < -0.3 is 62.2 Å². The number of nitrogens with zero attached hydrogens (tertiary/aromatic N) is 7. The molecule has 7 heterocycles. The summed E-state index contributed by atoms with van der Waals surface area (Å²) in [5, 5.41) is 3.07. The summed E-state index contributed by atoms with van der Waals surface area (Å²) in [7, 11) is 0. The van der Waals surface area contributed by atoms with E-state index in [2.05, 4.69) is 53.3 Å². The van der Waals surface area contributed by atoms with Crippen LogP contribution in [0.15, 0.2) is 13.2 Å². The Bertz CT molecular complexity index is 3420. The Kier molecular flexibility index (Phi) is 59.2. The van der Waals surface area contributed by atoms with Crippen LogP contribution in [-0.4, -0.2) is 250 Å². The number of hydrogen-bond acceptors (Lipinski definition) is 35. The predicted octanol–water partition coefficient (Wildman–Crippen LogP) is 5.84. The number of hydrogen-bond donors (Lipinski definition) is 0. The summed E-state index contributed by atoms with van der Waals surface area (Å²) in [5.41, 5.74) is 0. The molecule has 7 aliphatic rings. The number of carbonyl (C=O) groups is 23. The van der Waals surface area contributed by atoms with Gasteiger partial charge in [0, 0.05) is 162 Å². The van der Waals surface area contributed by atoms with Crippen molar-refractivity contribution in [2.45, 2.75) is 287 Å². The second kappa shape index (κ2) is 64.9. The van der Waals surface area contributed by atoms with Gasteiger partial charge in [-0.2, -0.15) is 0 Å². The first-order valence-electron chi connectivity index (χ1n) is 40.9. The van der Waals surface area contributed by atoms with E-state index in [1.54, 1.807) is 13.8 Å².